The van der Waals surface area contributed by atoms with E-state index in [4.69, 9.17) is 0 Å². The van der Waals surface area contributed by atoms with Gasteiger partial charge < -0.3 is 5.32 Å². The number of carbonyl (C=O) groups is 1. The normalized spacial score (nSPS) is 13.6. The van der Waals surface area contributed by atoms with Gasteiger partial charge in [0.2, 0.25) is 5.91 Å². The summed E-state index contributed by atoms with van der Waals surface area (Å²) in [5, 5.41) is 2.99. The van der Waals surface area contributed by atoms with E-state index in [2.05, 4.69) is 48.7 Å². The summed E-state index contributed by atoms with van der Waals surface area (Å²) in [6.45, 7) is 13.1. The van der Waals surface area contributed by atoms with Gasteiger partial charge in [-0.2, -0.15) is 12.6 Å². The van der Waals surface area contributed by atoms with Crippen molar-refractivity contribution in [2.75, 3.05) is 0 Å². The SMILES string of the molecule is Cc1cnc(CNC(=O)C(CCCCC(C)(C)C)C(C)(C)S)cn1. The summed E-state index contributed by atoms with van der Waals surface area (Å²) < 4.78 is -0.342. The molecule has 0 aromatic carbocycles. The zero-order valence-corrected chi connectivity index (χ0v) is 16.9. The van der Waals surface area contributed by atoms with E-state index in [1.165, 1.54) is 6.42 Å². The molecular weight excluding hydrogens is 318 g/mol. The molecule has 4 nitrogen and oxygen atoms in total. The third kappa shape index (κ3) is 8.13. The highest BCUT2D eigenvalue weighted by Crippen LogP contribution is 2.30. The van der Waals surface area contributed by atoms with Crippen molar-refractivity contribution in [3.05, 3.63) is 23.8 Å². The minimum absolute atomic E-state index is 0.0492. The first-order valence-electron chi connectivity index (χ1n) is 8.76. The van der Waals surface area contributed by atoms with E-state index < -0.39 is 0 Å². The van der Waals surface area contributed by atoms with Gasteiger partial charge in [0.25, 0.3) is 0 Å². The Hall–Kier alpha value is -1.10. The summed E-state index contributed by atoms with van der Waals surface area (Å²) in [4.78, 5) is 21.1. The number of amides is 1. The maximum Gasteiger partial charge on any atom is 0.224 e. The van der Waals surface area contributed by atoms with Gasteiger partial charge in [-0.05, 0) is 25.2 Å². The van der Waals surface area contributed by atoms with Crippen molar-refractivity contribution >= 4 is 18.5 Å². The summed E-state index contributed by atoms with van der Waals surface area (Å²) in [5.41, 5.74) is 1.99. The van der Waals surface area contributed by atoms with Crippen molar-refractivity contribution in [3.8, 4) is 0 Å². The highest BCUT2D eigenvalue weighted by atomic mass is 32.1. The van der Waals surface area contributed by atoms with Crippen LogP contribution in [-0.2, 0) is 11.3 Å². The first kappa shape index (κ1) is 20.9. The number of unbranched alkanes of at least 4 members (excludes halogenated alkanes) is 1. The van der Waals surface area contributed by atoms with E-state index >= 15 is 0 Å². The molecule has 0 saturated carbocycles. The quantitative estimate of drug-likeness (QED) is 0.541. The lowest BCUT2D eigenvalue weighted by atomic mass is 9.85. The molecule has 1 aromatic rings. The van der Waals surface area contributed by atoms with Crippen LogP contribution in [0.25, 0.3) is 0 Å². The molecule has 1 rings (SSSR count). The largest absolute Gasteiger partial charge is 0.350 e. The molecule has 1 unspecified atom stereocenters. The second kappa shape index (κ2) is 8.84. The zero-order chi connectivity index (χ0) is 18.4. The van der Waals surface area contributed by atoms with Gasteiger partial charge in [-0.25, -0.2) is 0 Å². The fraction of sp³-hybridized carbons (Fsp3) is 0.737. The minimum atomic E-state index is -0.342. The molecule has 0 aliphatic heterocycles. The van der Waals surface area contributed by atoms with Crippen LogP contribution in [0, 0.1) is 18.3 Å². The molecular formula is C19H33N3OS. The molecule has 1 amide bonds. The smallest absolute Gasteiger partial charge is 0.224 e. The van der Waals surface area contributed by atoms with Crippen LogP contribution >= 0.6 is 12.6 Å². The van der Waals surface area contributed by atoms with Crippen molar-refractivity contribution in [3.63, 3.8) is 0 Å². The van der Waals surface area contributed by atoms with Gasteiger partial charge in [0.05, 0.1) is 30.0 Å². The Morgan fingerprint density at radius 3 is 2.33 bits per heavy atom. The highest BCUT2D eigenvalue weighted by molar-refractivity contribution is 7.81. The lowest BCUT2D eigenvalue weighted by Crippen LogP contribution is -2.40. The highest BCUT2D eigenvalue weighted by Gasteiger charge is 2.31. The summed E-state index contributed by atoms with van der Waals surface area (Å²) in [6, 6.07) is 0. The van der Waals surface area contributed by atoms with Crippen molar-refractivity contribution < 1.29 is 4.79 Å². The predicted molar refractivity (Wildman–Crippen MR) is 103 cm³/mol. The van der Waals surface area contributed by atoms with Gasteiger partial charge >= 0.3 is 0 Å². The number of nitrogens with zero attached hydrogens (tertiary/aromatic N) is 2. The molecule has 1 atom stereocenters. The van der Waals surface area contributed by atoms with Crippen molar-refractivity contribution in [2.45, 2.75) is 78.5 Å². The molecule has 0 saturated heterocycles. The Morgan fingerprint density at radius 2 is 1.83 bits per heavy atom. The summed E-state index contributed by atoms with van der Waals surface area (Å²) in [6.07, 6.45) is 7.64. The molecule has 1 heterocycles. The number of hydrogen-bond donors (Lipinski definition) is 2. The number of aryl methyl sites for hydroxylation is 1. The van der Waals surface area contributed by atoms with Gasteiger partial charge in [0.1, 0.15) is 0 Å². The topological polar surface area (TPSA) is 54.9 Å². The fourth-order valence-corrected chi connectivity index (χ4v) is 2.87. The second-order valence-corrected chi connectivity index (χ2v) is 9.53. The lowest BCUT2D eigenvalue weighted by molar-refractivity contribution is -0.126. The number of nitrogens with one attached hydrogen (secondary N) is 1. The average Bonchev–Trinajstić information content (AvgIpc) is 2.43. The van der Waals surface area contributed by atoms with Gasteiger partial charge in [0.15, 0.2) is 0 Å². The van der Waals surface area contributed by atoms with E-state index in [0.717, 1.165) is 30.7 Å². The van der Waals surface area contributed by atoms with Crippen LogP contribution in [0.4, 0.5) is 0 Å². The van der Waals surface area contributed by atoms with E-state index in [1.54, 1.807) is 12.4 Å². The average molecular weight is 352 g/mol. The van der Waals surface area contributed by atoms with Crippen LogP contribution in [0.1, 0.15) is 71.7 Å². The molecule has 1 N–H and O–H groups in total. The van der Waals surface area contributed by atoms with E-state index in [1.807, 2.05) is 20.8 Å². The maximum absolute atomic E-state index is 12.6. The van der Waals surface area contributed by atoms with Crippen LogP contribution in [0.15, 0.2) is 12.4 Å². The van der Waals surface area contributed by atoms with E-state index in [9.17, 15) is 4.79 Å². The number of hydrogen-bond acceptors (Lipinski definition) is 4. The molecule has 0 aliphatic carbocycles. The molecule has 0 fully saturated rings. The van der Waals surface area contributed by atoms with Crippen molar-refractivity contribution in [1.82, 2.24) is 15.3 Å². The lowest BCUT2D eigenvalue weighted by Gasteiger charge is -2.29. The van der Waals surface area contributed by atoms with Crippen molar-refractivity contribution in [1.29, 1.82) is 0 Å². The summed E-state index contributed by atoms with van der Waals surface area (Å²) in [7, 11) is 0. The first-order valence-corrected chi connectivity index (χ1v) is 9.21. The van der Waals surface area contributed by atoms with Gasteiger partial charge in [0, 0.05) is 10.9 Å². The van der Waals surface area contributed by atoms with Gasteiger partial charge in [-0.3, -0.25) is 14.8 Å². The van der Waals surface area contributed by atoms with Crippen LogP contribution in [0.2, 0.25) is 0 Å². The number of carbonyl (C=O) groups excluding carboxylic acids is 1. The van der Waals surface area contributed by atoms with Crippen LogP contribution < -0.4 is 5.32 Å². The van der Waals surface area contributed by atoms with Crippen LogP contribution in [-0.4, -0.2) is 20.6 Å². The Kier molecular flexibility index (Phi) is 7.71. The minimum Gasteiger partial charge on any atom is -0.350 e. The number of rotatable bonds is 8. The Bertz CT molecular complexity index is 515. The molecule has 0 spiro atoms. The summed E-state index contributed by atoms with van der Waals surface area (Å²) in [5.74, 6) is -0.0626. The molecule has 0 radical (unpaired) electrons. The third-order valence-corrected chi connectivity index (χ3v) is 4.43. The monoisotopic (exact) mass is 351 g/mol. The number of thiol groups is 1. The Balaban J connectivity index is 2.54. The molecule has 136 valence electrons. The van der Waals surface area contributed by atoms with Crippen molar-refractivity contribution in [2.24, 2.45) is 11.3 Å². The second-order valence-electron chi connectivity index (χ2n) is 8.38. The van der Waals surface area contributed by atoms with Crippen LogP contribution in [0.3, 0.4) is 0 Å². The van der Waals surface area contributed by atoms with Crippen LogP contribution in [0.5, 0.6) is 0 Å². The predicted octanol–water partition coefficient (Wildman–Crippen LogP) is 4.33. The molecule has 0 bridgehead atoms. The van der Waals surface area contributed by atoms with Gasteiger partial charge in [-0.15, -0.1) is 0 Å². The Labute approximate surface area is 152 Å². The molecule has 0 aliphatic rings. The van der Waals surface area contributed by atoms with Gasteiger partial charge in [-0.1, -0.05) is 47.5 Å². The Morgan fingerprint density at radius 1 is 1.17 bits per heavy atom. The van der Waals surface area contributed by atoms with E-state index in [0.29, 0.717) is 12.0 Å². The number of aromatic nitrogens is 2. The van der Waals surface area contributed by atoms with E-state index in [-0.39, 0.29) is 16.6 Å². The summed E-state index contributed by atoms with van der Waals surface area (Å²) >= 11 is 4.65. The molecule has 5 heteroatoms. The standard InChI is InChI=1S/C19H33N3OS/c1-14-11-21-15(12-20-14)13-22-17(23)16(19(5,6)24)9-7-8-10-18(2,3)4/h11-12,16,24H,7-10,13H2,1-6H3,(H,22,23). The first-order chi connectivity index (χ1) is 11.0. The zero-order valence-electron chi connectivity index (χ0n) is 16.0. The molecule has 1 aromatic heterocycles. The maximum atomic E-state index is 12.6. The fourth-order valence-electron chi connectivity index (χ4n) is 2.62. The molecule has 24 heavy (non-hydrogen) atoms. The third-order valence-electron chi connectivity index (χ3n) is 4.12.